The maximum atomic E-state index is 10.4. The van der Waals surface area contributed by atoms with Gasteiger partial charge in [0.2, 0.25) is 0 Å². The Morgan fingerprint density at radius 2 is 1.83 bits per heavy atom. The zero-order chi connectivity index (χ0) is 9.03. The van der Waals surface area contributed by atoms with Crippen molar-refractivity contribution < 1.29 is 8.42 Å². The van der Waals surface area contributed by atoms with Crippen molar-refractivity contribution in [3.8, 4) is 0 Å². The summed E-state index contributed by atoms with van der Waals surface area (Å²) < 4.78 is 23.9. The van der Waals surface area contributed by atoms with Crippen LogP contribution < -0.4 is 5.14 Å². The van der Waals surface area contributed by atoms with Crippen LogP contribution >= 0.6 is 0 Å². The topological polar surface area (TPSA) is 72.5 Å². The van der Waals surface area contributed by atoms with Crippen molar-refractivity contribution in [1.82, 2.24) is 0 Å². The Bertz CT molecular complexity index is 370. The molecule has 0 spiro atoms. The second-order valence-corrected chi connectivity index (χ2v) is 3.40. The van der Waals surface area contributed by atoms with E-state index in [1.807, 2.05) is 6.07 Å². The summed E-state index contributed by atoms with van der Waals surface area (Å²) in [6, 6.07) is 8.85. The van der Waals surface area contributed by atoms with E-state index in [4.69, 9.17) is 0 Å². The van der Waals surface area contributed by atoms with E-state index < -0.39 is 10.2 Å². The quantitative estimate of drug-likeness (QED) is 0.672. The molecule has 0 aliphatic heterocycles. The Kier molecular flexibility index (Phi) is 2.57. The predicted octanol–water partition coefficient (Wildman–Crippen LogP) is 0.309. The van der Waals surface area contributed by atoms with Crippen molar-refractivity contribution in [1.29, 1.82) is 0 Å². The molecule has 0 aromatic heterocycles. The van der Waals surface area contributed by atoms with Crippen LogP contribution in [0.3, 0.4) is 0 Å². The lowest BCUT2D eigenvalue weighted by atomic mass is 10.2. The zero-order valence-corrected chi connectivity index (χ0v) is 7.03. The SMILES string of the molecule is NS(=O)(=O)N=Cc1ccccc1. The molecule has 64 valence electrons. The zero-order valence-electron chi connectivity index (χ0n) is 6.21. The fourth-order valence-electron chi connectivity index (χ4n) is 0.673. The molecule has 0 saturated heterocycles. The van der Waals surface area contributed by atoms with Crippen LogP contribution in [0.25, 0.3) is 0 Å². The normalized spacial score (nSPS) is 12.1. The molecule has 1 rings (SSSR count). The van der Waals surface area contributed by atoms with E-state index in [0.717, 1.165) is 0 Å². The van der Waals surface area contributed by atoms with Crippen molar-refractivity contribution >= 4 is 16.4 Å². The molecule has 0 amide bonds. The fourth-order valence-corrected chi connectivity index (χ4v) is 0.942. The molecule has 12 heavy (non-hydrogen) atoms. The first kappa shape index (κ1) is 8.89. The molecule has 0 fully saturated rings. The van der Waals surface area contributed by atoms with Crippen molar-refractivity contribution in [2.45, 2.75) is 0 Å². The van der Waals surface area contributed by atoms with Gasteiger partial charge in [-0.25, -0.2) is 5.14 Å². The summed E-state index contributed by atoms with van der Waals surface area (Å²) in [6.45, 7) is 0. The van der Waals surface area contributed by atoms with Gasteiger partial charge in [-0.15, -0.1) is 0 Å². The molecule has 0 heterocycles. The maximum absolute atomic E-state index is 10.4. The highest BCUT2D eigenvalue weighted by Gasteiger charge is 1.93. The monoisotopic (exact) mass is 184 g/mol. The molecule has 0 aliphatic rings. The Balaban J connectivity index is 2.85. The lowest BCUT2D eigenvalue weighted by molar-refractivity contribution is 0.600. The number of nitrogens with zero attached hydrogens (tertiary/aromatic N) is 1. The fraction of sp³-hybridized carbons (Fsp3) is 0. The van der Waals surface area contributed by atoms with Crippen LogP contribution in [0.2, 0.25) is 0 Å². The van der Waals surface area contributed by atoms with Gasteiger partial charge in [0.15, 0.2) is 0 Å². The third kappa shape index (κ3) is 3.27. The first-order chi connectivity index (χ1) is 5.58. The van der Waals surface area contributed by atoms with Crippen LogP contribution in [0.5, 0.6) is 0 Å². The van der Waals surface area contributed by atoms with E-state index in [9.17, 15) is 8.42 Å². The average molecular weight is 184 g/mol. The van der Waals surface area contributed by atoms with Gasteiger partial charge in [-0.1, -0.05) is 30.3 Å². The predicted molar refractivity (Wildman–Crippen MR) is 47.1 cm³/mol. The summed E-state index contributed by atoms with van der Waals surface area (Å²) in [5.41, 5.74) is 0.700. The molecule has 0 unspecified atom stereocenters. The van der Waals surface area contributed by atoms with Gasteiger partial charge < -0.3 is 0 Å². The molecule has 0 atom stereocenters. The van der Waals surface area contributed by atoms with Crippen molar-refractivity contribution in [3.63, 3.8) is 0 Å². The second-order valence-electron chi connectivity index (χ2n) is 2.16. The molecule has 4 nitrogen and oxygen atoms in total. The summed E-state index contributed by atoms with van der Waals surface area (Å²) in [5, 5.41) is 4.66. The number of rotatable bonds is 2. The van der Waals surface area contributed by atoms with Gasteiger partial charge in [0.05, 0.1) is 0 Å². The lowest BCUT2D eigenvalue weighted by Gasteiger charge is -1.89. The van der Waals surface area contributed by atoms with Crippen LogP contribution in [0.1, 0.15) is 5.56 Å². The van der Waals surface area contributed by atoms with E-state index in [2.05, 4.69) is 9.54 Å². The Morgan fingerprint density at radius 1 is 1.25 bits per heavy atom. The number of hydrogen-bond donors (Lipinski definition) is 1. The Hall–Kier alpha value is -1.20. The van der Waals surface area contributed by atoms with E-state index in [0.29, 0.717) is 5.56 Å². The van der Waals surface area contributed by atoms with Crippen LogP contribution in [-0.4, -0.2) is 14.6 Å². The second kappa shape index (κ2) is 3.46. The standard InChI is InChI=1S/C7H8N2O2S/c8-12(10,11)9-6-7-4-2-1-3-5-7/h1-6H,(H2,8,10,11). The van der Waals surface area contributed by atoms with E-state index in [1.165, 1.54) is 6.21 Å². The van der Waals surface area contributed by atoms with Gasteiger partial charge in [-0.05, 0) is 5.56 Å². The highest BCUT2D eigenvalue weighted by atomic mass is 32.2. The smallest absolute Gasteiger partial charge is 0.210 e. The summed E-state index contributed by atoms with van der Waals surface area (Å²) >= 11 is 0. The van der Waals surface area contributed by atoms with Crippen LogP contribution in [-0.2, 0) is 10.2 Å². The number of nitrogens with two attached hydrogens (primary N) is 1. The van der Waals surface area contributed by atoms with Crippen molar-refractivity contribution in [3.05, 3.63) is 35.9 Å². The van der Waals surface area contributed by atoms with E-state index >= 15 is 0 Å². The minimum atomic E-state index is -3.75. The summed E-state index contributed by atoms with van der Waals surface area (Å²) in [4.78, 5) is 0. The Labute approximate surface area is 70.9 Å². The summed E-state index contributed by atoms with van der Waals surface area (Å²) in [5.74, 6) is 0. The largest absolute Gasteiger partial charge is 0.317 e. The van der Waals surface area contributed by atoms with Gasteiger partial charge in [0, 0.05) is 6.21 Å². The first-order valence-corrected chi connectivity index (χ1v) is 4.71. The number of benzene rings is 1. The molecule has 0 saturated carbocycles. The van der Waals surface area contributed by atoms with Crippen molar-refractivity contribution in [2.24, 2.45) is 9.54 Å². The minimum absolute atomic E-state index is 0.700. The van der Waals surface area contributed by atoms with Gasteiger partial charge in [-0.3, -0.25) is 0 Å². The van der Waals surface area contributed by atoms with Crippen LogP contribution in [0.4, 0.5) is 0 Å². The Morgan fingerprint density at radius 3 is 2.33 bits per heavy atom. The van der Waals surface area contributed by atoms with E-state index in [-0.39, 0.29) is 0 Å². The lowest BCUT2D eigenvalue weighted by Crippen LogP contribution is -2.07. The molecular formula is C7H8N2O2S. The van der Waals surface area contributed by atoms with Gasteiger partial charge >= 0.3 is 10.2 Å². The molecule has 1 aromatic carbocycles. The average Bonchev–Trinajstić information content (AvgIpc) is 2.02. The third-order valence-corrected chi connectivity index (χ3v) is 1.55. The molecule has 5 heteroatoms. The minimum Gasteiger partial charge on any atom is -0.210 e. The van der Waals surface area contributed by atoms with Gasteiger partial charge in [-0.2, -0.15) is 12.8 Å². The third-order valence-electron chi connectivity index (χ3n) is 1.15. The van der Waals surface area contributed by atoms with E-state index in [1.54, 1.807) is 24.3 Å². The molecule has 1 aromatic rings. The van der Waals surface area contributed by atoms with Crippen LogP contribution in [0.15, 0.2) is 34.7 Å². The number of hydrogen-bond acceptors (Lipinski definition) is 2. The summed E-state index contributed by atoms with van der Waals surface area (Å²) in [6.07, 6.45) is 1.20. The van der Waals surface area contributed by atoms with Crippen LogP contribution in [0, 0.1) is 0 Å². The molecular weight excluding hydrogens is 176 g/mol. The highest BCUT2D eigenvalue weighted by molar-refractivity contribution is 7.87. The maximum Gasteiger partial charge on any atom is 0.317 e. The molecule has 0 aliphatic carbocycles. The molecule has 0 radical (unpaired) electrons. The molecule has 0 bridgehead atoms. The van der Waals surface area contributed by atoms with Gasteiger partial charge in [0.1, 0.15) is 0 Å². The first-order valence-electron chi connectivity index (χ1n) is 3.21. The highest BCUT2D eigenvalue weighted by Crippen LogP contribution is 1.94. The molecule has 2 N–H and O–H groups in total. The summed E-state index contributed by atoms with van der Waals surface area (Å²) in [7, 11) is -3.75. The van der Waals surface area contributed by atoms with Gasteiger partial charge in [0.25, 0.3) is 0 Å². The van der Waals surface area contributed by atoms with Crippen molar-refractivity contribution in [2.75, 3.05) is 0 Å².